The number of fused-ring (bicyclic) bond motifs is 1. The number of aromatic nitrogens is 2. The van der Waals surface area contributed by atoms with Gasteiger partial charge in [-0.3, -0.25) is 9.78 Å². The highest BCUT2D eigenvalue weighted by atomic mass is 32.1. The van der Waals surface area contributed by atoms with E-state index in [9.17, 15) is 4.79 Å². The standard InChI is InChI=1S/C15H13N3O2S/c1-8-3-5-10(6-4-8)20-11-7-17-9(2)13-12(11)18-15(21-13)14(16)19/h3-7H,1-2H3,(H2,16,19). The van der Waals surface area contributed by atoms with Crippen LogP contribution in [0.4, 0.5) is 0 Å². The predicted octanol–water partition coefficient (Wildman–Crippen LogP) is 3.20. The monoisotopic (exact) mass is 299 g/mol. The van der Waals surface area contributed by atoms with Crippen molar-refractivity contribution >= 4 is 27.5 Å². The van der Waals surface area contributed by atoms with Gasteiger partial charge in [0.25, 0.3) is 5.91 Å². The zero-order valence-electron chi connectivity index (χ0n) is 11.6. The van der Waals surface area contributed by atoms with Crippen LogP contribution in [0.25, 0.3) is 10.2 Å². The Labute approximate surface area is 125 Å². The van der Waals surface area contributed by atoms with E-state index in [2.05, 4.69) is 9.97 Å². The van der Waals surface area contributed by atoms with Gasteiger partial charge in [0.05, 0.1) is 16.6 Å². The topological polar surface area (TPSA) is 78.1 Å². The van der Waals surface area contributed by atoms with Gasteiger partial charge >= 0.3 is 0 Å². The van der Waals surface area contributed by atoms with Crippen molar-refractivity contribution in [3.05, 3.63) is 46.7 Å². The number of pyridine rings is 1. The van der Waals surface area contributed by atoms with Gasteiger partial charge in [0, 0.05) is 0 Å². The molecule has 0 radical (unpaired) electrons. The number of hydrogen-bond donors (Lipinski definition) is 1. The van der Waals surface area contributed by atoms with Gasteiger partial charge in [-0.2, -0.15) is 0 Å². The number of nitrogens with two attached hydrogens (primary N) is 1. The van der Waals surface area contributed by atoms with Crippen molar-refractivity contribution in [3.63, 3.8) is 0 Å². The zero-order chi connectivity index (χ0) is 15.0. The molecule has 5 nitrogen and oxygen atoms in total. The Hall–Kier alpha value is -2.47. The number of thiazole rings is 1. The molecule has 0 saturated carbocycles. The highest BCUT2D eigenvalue weighted by Crippen LogP contribution is 2.33. The van der Waals surface area contributed by atoms with Crippen LogP contribution in [0.5, 0.6) is 11.5 Å². The molecule has 2 aromatic heterocycles. The first-order valence-electron chi connectivity index (χ1n) is 6.35. The highest BCUT2D eigenvalue weighted by molar-refractivity contribution is 7.20. The zero-order valence-corrected chi connectivity index (χ0v) is 12.4. The van der Waals surface area contributed by atoms with Crippen LogP contribution in [0.15, 0.2) is 30.5 Å². The summed E-state index contributed by atoms with van der Waals surface area (Å²) in [4.78, 5) is 19.9. The third-order valence-electron chi connectivity index (χ3n) is 3.02. The van der Waals surface area contributed by atoms with Crippen molar-refractivity contribution in [2.24, 2.45) is 5.73 Å². The fraction of sp³-hybridized carbons (Fsp3) is 0.133. The van der Waals surface area contributed by atoms with Crippen LogP contribution in [-0.4, -0.2) is 15.9 Å². The molecule has 0 aliphatic carbocycles. The molecule has 21 heavy (non-hydrogen) atoms. The average Bonchev–Trinajstić information content (AvgIpc) is 2.91. The Morgan fingerprint density at radius 2 is 1.95 bits per heavy atom. The van der Waals surface area contributed by atoms with E-state index < -0.39 is 5.91 Å². The number of aryl methyl sites for hydroxylation is 2. The van der Waals surface area contributed by atoms with E-state index in [4.69, 9.17) is 10.5 Å². The van der Waals surface area contributed by atoms with Gasteiger partial charge in [0.1, 0.15) is 11.3 Å². The molecule has 2 N–H and O–H groups in total. The maximum atomic E-state index is 11.3. The summed E-state index contributed by atoms with van der Waals surface area (Å²) in [5, 5.41) is 0.259. The normalized spacial score (nSPS) is 10.8. The van der Waals surface area contributed by atoms with E-state index in [-0.39, 0.29) is 5.01 Å². The molecule has 0 spiro atoms. The number of ether oxygens (including phenoxy) is 1. The molecular formula is C15H13N3O2S. The highest BCUT2D eigenvalue weighted by Gasteiger charge is 2.15. The summed E-state index contributed by atoms with van der Waals surface area (Å²) in [6.07, 6.45) is 1.61. The number of carbonyl (C=O) groups excluding carboxylic acids is 1. The van der Waals surface area contributed by atoms with Gasteiger partial charge in [-0.05, 0) is 26.0 Å². The van der Waals surface area contributed by atoms with Crippen LogP contribution in [0.1, 0.15) is 21.1 Å². The Morgan fingerprint density at radius 1 is 1.24 bits per heavy atom. The lowest BCUT2D eigenvalue weighted by Gasteiger charge is -2.06. The molecule has 106 valence electrons. The summed E-state index contributed by atoms with van der Waals surface area (Å²) in [5.41, 5.74) is 7.86. The molecule has 0 fully saturated rings. The number of hydrogen-bond acceptors (Lipinski definition) is 5. The van der Waals surface area contributed by atoms with Crippen LogP contribution < -0.4 is 10.5 Å². The van der Waals surface area contributed by atoms with Crippen LogP contribution in [0.2, 0.25) is 0 Å². The van der Waals surface area contributed by atoms with Crippen LogP contribution in [-0.2, 0) is 0 Å². The van der Waals surface area contributed by atoms with Crippen molar-refractivity contribution in [2.75, 3.05) is 0 Å². The summed E-state index contributed by atoms with van der Waals surface area (Å²) < 4.78 is 6.64. The maximum Gasteiger partial charge on any atom is 0.277 e. The molecule has 6 heteroatoms. The smallest absolute Gasteiger partial charge is 0.277 e. The fourth-order valence-electron chi connectivity index (χ4n) is 1.92. The first-order valence-corrected chi connectivity index (χ1v) is 7.16. The second-order valence-corrected chi connectivity index (χ2v) is 5.68. The largest absolute Gasteiger partial charge is 0.453 e. The van der Waals surface area contributed by atoms with Crippen molar-refractivity contribution < 1.29 is 9.53 Å². The minimum absolute atomic E-state index is 0.259. The van der Waals surface area contributed by atoms with E-state index in [0.29, 0.717) is 17.0 Å². The Balaban J connectivity index is 2.07. The van der Waals surface area contributed by atoms with E-state index in [0.717, 1.165) is 16.0 Å². The van der Waals surface area contributed by atoms with Crippen LogP contribution >= 0.6 is 11.3 Å². The fourth-order valence-corrected chi connectivity index (χ4v) is 2.80. The summed E-state index contributed by atoms with van der Waals surface area (Å²) in [6.45, 7) is 3.87. The van der Waals surface area contributed by atoms with Crippen LogP contribution in [0, 0.1) is 13.8 Å². The van der Waals surface area contributed by atoms with Crippen molar-refractivity contribution in [2.45, 2.75) is 13.8 Å². The molecule has 0 aliphatic rings. The molecule has 1 amide bonds. The molecule has 0 unspecified atom stereocenters. The van der Waals surface area contributed by atoms with Crippen LogP contribution in [0.3, 0.4) is 0 Å². The Kier molecular flexibility index (Phi) is 3.31. The van der Waals surface area contributed by atoms with Gasteiger partial charge in [-0.15, -0.1) is 11.3 Å². The lowest BCUT2D eigenvalue weighted by molar-refractivity contribution is 0.1000. The van der Waals surface area contributed by atoms with E-state index in [1.54, 1.807) is 6.20 Å². The van der Waals surface area contributed by atoms with Crippen molar-refractivity contribution in [3.8, 4) is 11.5 Å². The summed E-state index contributed by atoms with van der Waals surface area (Å²) in [5.74, 6) is 0.668. The van der Waals surface area contributed by atoms with Gasteiger partial charge < -0.3 is 10.5 Å². The molecule has 0 atom stereocenters. The second kappa shape index (κ2) is 5.14. The number of carbonyl (C=O) groups is 1. The summed E-state index contributed by atoms with van der Waals surface area (Å²) in [6, 6.07) is 7.68. The number of benzene rings is 1. The number of rotatable bonds is 3. The van der Waals surface area contributed by atoms with Gasteiger partial charge in [-0.25, -0.2) is 4.98 Å². The minimum Gasteiger partial charge on any atom is -0.453 e. The molecular weight excluding hydrogens is 286 g/mol. The predicted molar refractivity (Wildman–Crippen MR) is 81.9 cm³/mol. The number of nitrogens with zero attached hydrogens (tertiary/aromatic N) is 2. The molecule has 0 saturated heterocycles. The number of amides is 1. The Morgan fingerprint density at radius 3 is 2.62 bits per heavy atom. The van der Waals surface area contributed by atoms with Crippen molar-refractivity contribution in [1.29, 1.82) is 0 Å². The SMILES string of the molecule is Cc1ccc(Oc2cnc(C)c3sc(C(N)=O)nc23)cc1. The van der Waals surface area contributed by atoms with Gasteiger partial charge in [0.2, 0.25) is 0 Å². The molecule has 1 aromatic carbocycles. The van der Waals surface area contributed by atoms with E-state index in [1.807, 2.05) is 38.1 Å². The lowest BCUT2D eigenvalue weighted by Crippen LogP contribution is -2.09. The molecule has 0 bridgehead atoms. The first kappa shape index (κ1) is 13.5. The van der Waals surface area contributed by atoms with Crippen molar-refractivity contribution in [1.82, 2.24) is 9.97 Å². The van der Waals surface area contributed by atoms with E-state index in [1.165, 1.54) is 11.3 Å². The maximum absolute atomic E-state index is 11.3. The minimum atomic E-state index is -0.545. The average molecular weight is 299 g/mol. The van der Waals surface area contributed by atoms with E-state index >= 15 is 0 Å². The second-order valence-electron chi connectivity index (χ2n) is 4.68. The third kappa shape index (κ3) is 2.57. The Bertz CT molecular complexity index is 825. The lowest BCUT2D eigenvalue weighted by atomic mass is 10.2. The molecule has 2 heterocycles. The summed E-state index contributed by atoms with van der Waals surface area (Å²) in [7, 11) is 0. The molecule has 3 rings (SSSR count). The van der Waals surface area contributed by atoms with Gasteiger partial charge in [-0.1, -0.05) is 17.7 Å². The number of primary amides is 1. The first-order chi connectivity index (χ1) is 10.0. The van der Waals surface area contributed by atoms with Gasteiger partial charge in [0.15, 0.2) is 10.8 Å². The molecule has 0 aliphatic heterocycles. The molecule has 3 aromatic rings. The summed E-state index contributed by atoms with van der Waals surface area (Å²) >= 11 is 1.23. The quantitative estimate of drug-likeness (QED) is 0.805. The third-order valence-corrected chi connectivity index (χ3v) is 4.20.